The van der Waals surface area contributed by atoms with Gasteiger partial charge < -0.3 is 0 Å². The molecule has 0 heterocycles. The Kier molecular flexibility index (Phi) is 2.70. The van der Waals surface area contributed by atoms with Crippen molar-refractivity contribution in [3.8, 4) is 0 Å². The standard InChI is InChI=1S/C11H9NOS/c13-8-12-14-11-6-5-9-3-1-2-4-10(9)7-11/h1-8H,(H,12,13). The van der Waals surface area contributed by atoms with Crippen LogP contribution in [0.5, 0.6) is 0 Å². The first-order valence-corrected chi connectivity index (χ1v) is 5.06. The molecule has 70 valence electrons. The van der Waals surface area contributed by atoms with Crippen LogP contribution in [0.2, 0.25) is 0 Å². The van der Waals surface area contributed by atoms with Crippen molar-refractivity contribution in [3.05, 3.63) is 42.5 Å². The lowest BCUT2D eigenvalue weighted by molar-refractivity contribution is -0.107. The molecule has 1 amide bonds. The van der Waals surface area contributed by atoms with E-state index >= 15 is 0 Å². The Bertz CT molecular complexity index is 456. The average Bonchev–Trinajstić information content (AvgIpc) is 2.26. The minimum atomic E-state index is 0.680. The molecule has 0 aliphatic heterocycles. The second-order valence-electron chi connectivity index (χ2n) is 2.85. The summed E-state index contributed by atoms with van der Waals surface area (Å²) in [4.78, 5) is 11.1. The normalized spacial score (nSPS) is 10.0. The van der Waals surface area contributed by atoms with Crippen molar-refractivity contribution in [2.75, 3.05) is 0 Å². The smallest absolute Gasteiger partial charge is 0.217 e. The minimum absolute atomic E-state index is 0.680. The first kappa shape index (κ1) is 9.09. The number of amides is 1. The Morgan fingerprint density at radius 1 is 1.07 bits per heavy atom. The van der Waals surface area contributed by atoms with Crippen molar-refractivity contribution in [3.63, 3.8) is 0 Å². The molecular formula is C11H9NOS. The number of hydrogen-bond acceptors (Lipinski definition) is 2. The van der Waals surface area contributed by atoms with Crippen molar-refractivity contribution in [2.24, 2.45) is 0 Å². The number of hydrogen-bond donors (Lipinski definition) is 1. The molecular weight excluding hydrogens is 194 g/mol. The van der Waals surface area contributed by atoms with E-state index < -0.39 is 0 Å². The number of fused-ring (bicyclic) bond motifs is 1. The van der Waals surface area contributed by atoms with Crippen molar-refractivity contribution in [1.29, 1.82) is 0 Å². The molecule has 0 aliphatic rings. The molecule has 2 nitrogen and oxygen atoms in total. The third-order valence-electron chi connectivity index (χ3n) is 1.95. The third kappa shape index (κ3) is 1.88. The van der Waals surface area contributed by atoms with Crippen LogP contribution in [0.25, 0.3) is 10.8 Å². The highest BCUT2D eigenvalue weighted by atomic mass is 32.2. The maximum atomic E-state index is 10.1. The Labute approximate surface area is 86.4 Å². The van der Waals surface area contributed by atoms with Gasteiger partial charge in [-0.2, -0.15) is 0 Å². The van der Waals surface area contributed by atoms with Gasteiger partial charge in [0.2, 0.25) is 6.41 Å². The number of nitrogens with one attached hydrogen (secondary N) is 1. The van der Waals surface area contributed by atoms with Gasteiger partial charge in [0.15, 0.2) is 0 Å². The van der Waals surface area contributed by atoms with Crippen LogP contribution in [0.15, 0.2) is 47.4 Å². The van der Waals surface area contributed by atoms with Crippen LogP contribution in [0.3, 0.4) is 0 Å². The van der Waals surface area contributed by atoms with Gasteiger partial charge in [0, 0.05) is 4.90 Å². The summed E-state index contributed by atoms with van der Waals surface area (Å²) in [5.74, 6) is 0. The van der Waals surface area contributed by atoms with Crippen LogP contribution >= 0.6 is 11.9 Å². The van der Waals surface area contributed by atoms with E-state index in [1.165, 1.54) is 22.7 Å². The van der Waals surface area contributed by atoms with E-state index in [1.54, 1.807) is 0 Å². The first-order valence-electron chi connectivity index (χ1n) is 4.25. The molecule has 0 fully saturated rings. The average molecular weight is 203 g/mol. The van der Waals surface area contributed by atoms with Gasteiger partial charge in [-0.3, -0.25) is 9.52 Å². The van der Waals surface area contributed by atoms with E-state index in [9.17, 15) is 4.79 Å². The Balaban J connectivity index is 2.36. The SMILES string of the molecule is O=CNSc1ccc2ccccc2c1. The van der Waals surface area contributed by atoms with Gasteiger partial charge in [0.1, 0.15) is 0 Å². The molecule has 14 heavy (non-hydrogen) atoms. The third-order valence-corrected chi connectivity index (χ3v) is 2.65. The predicted molar refractivity (Wildman–Crippen MR) is 59.0 cm³/mol. The highest BCUT2D eigenvalue weighted by Crippen LogP contribution is 2.21. The fourth-order valence-electron chi connectivity index (χ4n) is 1.32. The zero-order chi connectivity index (χ0) is 9.80. The van der Waals surface area contributed by atoms with E-state index in [4.69, 9.17) is 0 Å². The van der Waals surface area contributed by atoms with Crippen LogP contribution < -0.4 is 4.72 Å². The van der Waals surface area contributed by atoms with Crippen LogP contribution in [-0.2, 0) is 4.79 Å². The summed E-state index contributed by atoms with van der Waals surface area (Å²) in [6, 6.07) is 14.2. The fraction of sp³-hybridized carbons (Fsp3) is 0. The summed E-state index contributed by atoms with van der Waals surface area (Å²) in [5, 5.41) is 2.40. The molecule has 0 unspecified atom stereocenters. The topological polar surface area (TPSA) is 29.1 Å². The molecule has 2 rings (SSSR count). The Morgan fingerprint density at radius 2 is 1.86 bits per heavy atom. The molecule has 0 saturated carbocycles. The van der Waals surface area contributed by atoms with Gasteiger partial charge in [-0.15, -0.1) is 0 Å². The molecule has 3 heteroatoms. The summed E-state index contributed by atoms with van der Waals surface area (Å²) >= 11 is 1.32. The van der Waals surface area contributed by atoms with Gasteiger partial charge >= 0.3 is 0 Å². The monoisotopic (exact) mass is 203 g/mol. The molecule has 0 spiro atoms. The van der Waals surface area contributed by atoms with Gasteiger partial charge in [0.05, 0.1) is 0 Å². The molecule has 1 N–H and O–H groups in total. The number of carbonyl (C=O) groups excluding carboxylic acids is 1. The second-order valence-corrected chi connectivity index (χ2v) is 3.76. The summed E-state index contributed by atoms with van der Waals surface area (Å²) in [7, 11) is 0. The number of benzene rings is 2. The van der Waals surface area contributed by atoms with Gasteiger partial charge in [-0.05, 0) is 34.9 Å². The summed E-state index contributed by atoms with van der Waals surface area (Å²) in [6.45, 7) is 0. The van der Waals surface area contributed by atoms with Gasteiger partial charge in [-0.25, -0.2) is 0 Å². The van der Waals surface area contributed by atoms with Crippen molar-refractivity contribution < 1.29 is 4.79 Å². The number of rotatable bonds is 3. The molecule has 2 aromatic rings. The lowest BCUT2D eigenvalue weighted by Gasteiger charge is -2.01. The summed E-state index contributed by atoms with van der Waals surface area (Å²) < 4.78 is 2.57. The highest BCUT2D eigenvalue weighted by Gasteiger charge is 1.95. The molecule has 2 aromatic carbocycles. The zero-order valence-corrected chi connectivity index (χ0v) is 8.25. The maximum absolute atomic E-state index is 10.1. The number of carbonyl (C=O) groups is 1. The van der Waals surface area contributed by atoms with Crippen LogP contribution in [-0.4, -0.2) is 6.41 Å². The quantitative estimate of drug-likeness (QED) is 0.613. The second kappa shape index (κ2) is 4.15. The van der Waals surface area contributed by atoms with E-state index in [0.717, 1.165) is 4.90 Å². The molecule has 0 radical (unpaired) electrons. The largest absolute Gasteiger partial charge is 0.299 e. The van der Waals surface area contributed by atoms with Crippen LogP contribution in [0.4, 0.5) is 0 Å². The van der Waals surface area contributed by atoms with E-state index in [2.05, 4.69) is 22.9 Å². The molecule has 0 bridgehead atoms. The Morgan fingerprint density at radius 3 is 2.64 bits per heavy atom. The highest BCUT2D eigenvalue weighted by molar-refractivity contribution is 7.97. The molecule has 0 atom stereocenters. The zero-order valence-electron chi connectivity index (χ0n) is 7.44. The molecule has 0 saturated heterocycles. The van der Waals surface area contributed by atoms with Crippen molar-refractivity contribution >= 4 is 29.1 Å². The van der Waals surface area contributed by atoms with Crippen LogP contribution in [0.1, 0.15) is 0 Å². The van der Waals surface area contributed by atoms with Gasteiger partial charge in [-0.1, -0.05) is 30.3 Å². The van der Waals surface area contributed by atoms with E-state index in [-0.39, 0.29) is 0 Å². The fourth-order valence-corrected chi connectivity index (χ4v) is 1.83. The minimum Gasteiger partial charge on any atom is -0.299 e. The Hall–Kier alpha value is -1.48. The summed E-state index contributed by atoms with van der Waals surface area (Å²) in [5.41, 5.74) is 0. The van der Waals surface area contributed by atoms with Crippen molar-refractivity contribution in [2.45, 2.75) is 4.90 Å². The lowest BCUT2D eigenvalue weighted by Crippen LogP contribution is -1.96. The maximum Gasteiger partial charge on any atom is 0.217 e. The van der Waals surface area contributed by atoms with E-state index in [0.29, 0.717) is 6.41 Å². The molecule has 0 aromatic heterocycles. The lowest BCUT2D eigenvalue weighted by atomic mass is 10.1. The first-order chi connectivity index (χ1) is 6.90. The summed E-state index contributed by atoms with van der Waals surface area (Å²) in [6.07, 6.45) is 0.680. The van der Waals surface area contributed by atoms with E-state index in [1.807, 2.05) is 24.3 Å². The van der Waals surface area contributed by atoms with Crippen molar-refractivity contribution in [1.82, 2.24) is 4.72 Å². The van der Waals surface area contributed by atoms with Crippen LogP contribution in [0, 0.1) is 0 Å². The molecule has 0 aliphatic carbocycles. The van der Waals surface area contributed by atoms with Gasteiger partial charge in [0.25, 0.3) is 0 Å². The predicted octanol–water partition coefficient (Wildman–Crippen LogP) is 2.59.